The number of nitriles is 1. The van der Waals surface area contributed by atoms with Gasteiger partial charge in [-0.1, -0.05) is 28.9 Å². The summed E-state index contributed by atoms with van der Waals surface area (Å²) < 4.78 is 12.6. The molecule has 0 aromatic heterocycles. The average Bonchev–Trinajstić information content (AvgIpc) is 2.68. The van der Waals surface area contributed by atoms with Gasteiger partial charge in [0.2, 0.25) is 0 Å². The summed E-state index contributed by atoms with van der Waals surface area (Å²) in [5.41, 5.74) is 0.0625. The van der Waals surface area contributed by atoms with Gasteiger partial charge in [-0.3, -0.25) is 4.79 Å². The van der Waals surface area contributed by atoms with Gasteiger partial charge < -0.3 is 14.6 Å². The highest BCUT2D eigenvalue weighted by Gasteiger charge is 2.47. The van der Waals surface area contributed by atoms with E-state index >= 15 is 0 Å². The van der Waals surface area contributed by atoms with E-state index in [4.69, 9.17) is 9.47 Å². The Hall–Kier alpha value is -2.62. The number of aliphatic hydroxyl groups is 1. The number of halogens is 1. The van der Waals surface area contributed by atoms with Gasteiger partial charge in [-0.2, -0.15) is 5.26 Å². The maximum absolute atomic E-state index is 13.2. The van der Waals surface area contributed by atoms with Crippen molar-refractivity contribution in [2.24, 2.45) is 0 Å². The highest BCUT2D eigenvalue weighted by molar-refractivity contribution is 9.10. The molecule has 0 saturated carbocycles. The second-order valence-electron chi connectivity index (χ2n) is 8.20. The molecule has 1 aliphatic heterocycles. The topological polar surface area (TPSA) is 79.6 Å². The molecule has 0 amide bonds. The molecule has 0 spiro atoms. The van der Waals surface area contributed by atoms with E-state index in [1.807, 2.05) is 13.0 Å². The lowest BCUT2D eigenvalue weighted by Crippen LogP contribution is -2.49. The zero-order valence-corrected chi connectivity index (χ0v) is 19.3. The van der Waals surface area contributed by atoms with Crippen LogP contribution in [0.15, 0.2) is 46.6 Å². The van der Waals surface area contributed by atoms with Crippen molar-refractivity contribution in [3.8, 4) is 17.6 Å². The molecule has 5 nitrogen and oxygen atoms in total. The van der Waals surface area contributed by atoms with Gasteiger partial charge in [0.05, 0.1) is 11.1 Å². The van der Waals surface area contributed by atoms with Gasteiger partial charge >= 0.3 is 0 Å². The highest BCUT2D eigenvalue weighted by Crippen LogP contribution is 2.42. The Balaban J connectivity index is 2.15. The maximum Gasteiger partial charge on any atom is 0.198 e. The normalized spacial score (nSPS) is 17.6. The molecular formula is C24H24BrNO4. The Kier molecular flexibility index (Phi) is 5.81. The minimum Gasteiger partial charge on any atom is -0.508 e. The molecule has 3 rings (SSSR count). The number of Topliss-reactive ketones (excluding diaryl/α,β-unsaturated/α-hetero) is 1. The van der Waals surface area contributed by atoms with Crippen molar-refractivity contribution in [3.05, 3.63) is 63.3 Å². The van der Waals surface area contributed by atoms with Crippen molar-refractivity contribution >= 4 is 27.3 Å². The van der Waals surface area contributed by atoms with Crippen LogP contribution >= 0.6 is 15.9 Å². The quantitative estimate of drug-likeness (QED) is 0.584. The van der Waals surface area contributed by atoms with Gasteiger partial charge in [-0.15, -0.1) is 0 Å². The van der Waals surface area contributed by atoms with Gasteiger partial charge in [-0.05, 0) is 75.6 Å². The molecule has 156 valence electrons. The monoisotopic (exact) mass is 469 g/mol. The first-order valence-corrected chi connectivity index (χ1v) is 10.5. The number of ketones is 1. The molecule has 0 saturated heterocycles. The zero-order valence-electron chi connectivity index (χ0n) is 17.7. The standard InChI is InChI=1S/C24H24BrNO4/c1-6-14-7-9-17(29-19-10-8-16(25)11-15(19)13-26)12-18(14)20-21(27)23(2,3)30-24(4,5)22(20)28/h7-12,27H,6H2,1-5H3. The predicted octanol–water partition coefficient (Wildman–Crippen LogP) is 6.10. The third kappa shape index (κ3) is 4.00. The summed E-state index contributed by atoms with van der Waals surface area (Å²) in [6.45, 7) is 8.87. The van der Waals surface area contributed by atoms with Gasteiger partial charge in [0.1, 0.15) is 34.5 Å². The lowest BCUT2D eigenvalue weighted by atomic mass is 9.81. The number of carbonyl (C=O) groups excluding carboxylic acids is 1. The number of carbonyl (C=O) groups is 1. The molecule has 1 N–H and O–H groups in total. The number of benzene rings is 2. The number of nitrogens with zero attached hydrogens (tertiary/aromatic N) is 1. The smallest absolute Gasteiger partial charge is 0.198 e. The van der Waals surface area contributed by atoms with Crippen LogP contribution in [0.25, 0.3) is 5.57 Å². The molecule has 1 aliphatic rings. The van der Waals surface area contributed by atoms with Crippen LogP contribution in [0.2, 0.25) is 0 Å². The van der Waals surface area contributed by atoms with Crippen LogP contribution in [0.1, 0.15) is 51.3 Å². The van der Waals surface area contributed by atoms with E-state index in [2.05, 4.69) is 22.0 Å². The fourth-order valence-electron chi connectivity index (χ4n) is 3.66. The van der Waals surface area contributed by atoms with Gasteiger partial charge in [0, 0.05) is 4.47 Å². The first-order valence-electron chi connectivity index (χ1n) is 9.69. The molecule has 2 aromatic carbocycles. The molecule has 30 heavy (non-hydrogen) atoms. The van der Waals surface area contributed by atoms with Crippen molar-refractivity contribution in [1.29, 1.82) is 5.26 Å². The Morgan fingerprint density at radius 2 is 1.83 bits per heavy atom. The summed E-state index contributed by atoms with van der Waals surface area (Å²) in [6, 6.07) is 12.7. The highest BCUT2D eigenvalue weighted by atomic mass is 79.9. The van der Waals surface area contributed by atoms with Gasteiger partial charge in [0.25, 0.3) is 0 Å². The lowest BCUT2D eigenvalue weighted by molar-refractivity contribution is -0.158. The first kappa shape index (κ1) is 22.1. The van der Waals surface area contributed by atoms with Crippen molar-refractivity contribution in [1.82, 2.24) is 0 Å². The molecule has 1 heterocycles. The van der Waals surface area contributed by atoms with E-state index in [-0.39, 0.29) is 17.1 Å². The van der Waals surface area contributed by atoms with Crippen LogP contribution in [0.4, 0.5) is 0 Å². The van der Waals surface area contributed by atoms with Crippen molar-refractivity contribution in [3.63, 3.8) is 0 Å². The Morgan fingerprint density at radius 3 is 2.47 bits per heavy atom. The number of aryl methyl sites for hydroxylation is 1. The molecule has 0 atom stereocenters. The lowest BCUT2D eigenvalue weighted by Gasteiger charge is -2.40. The molecule has 0 aliphatic carbocycles. The summed E-state index contributed by atoms with van der Waals surface area (Å²) in [5.74, 6) is 0.497. The van der Waals surface area contributed by atoms with E-state index in [0.717, 1.165) is 10.0 Å². The third-order valence-electron chi connectivity index (χ3n) is 5.11. The molecule has 6 heteroatoms. The minimum atomic E-state index is -1.08. The number of hydrogen-bond acceptors (Lipinski definition) is 5. The Morgan fingerprint density at radius 1 is 1.13 bits per heavy atom. The van der Waals surface area contributed by atoms with Crippen LogP contribution in [0.5, 0.6) is 11.5 Å². The summed E-state index contributed by atoms with van der Waals surface area (Å²) >= 11 is 3.35. The molecular weight excluding hydrogens is 446 g/mol. The van der Waals surface area contributed by atoms with E-state index in [9.17, 15) is 15.2 Å². The predicted molar refractivity (Wildman–Crippen MR) is 119 cm³/mol. The molecule has 0 radical (unpaired) electrons. The number of rotatable bonds is 4. The second kappa shape index (κ2) is 7.90. The van der Waals surface area contributed by atoms with Crippen LogP contribution < -0.4 is 4.74 Å². The van der Waals surface area contributed by atoms with Crippen LogP contribution in [0.3, 0.4) is 0 Å². The molecule has 0 fully saturated rings. The van der Waals surface area contributed by atoms with Crippen LogP contribution in [0, 0.1) is 11.3 Å². The maximum atomic E-state index is 13.2. The van der Waals surface area contributed by atoms with E-state index in [1.54, 1.807) is 58.0 Å². The van der Waals surface area contributed by atoms with Crippen molar-refractivity contribution < 1.29 is 19.4 Å². The van der Waals surface area contributed by atoms with E-state index in [0.29, 0.717) is 29.0 Å². The summed E-state index contributed by atoms with van der Waals surface area (Å²) in [7, 11) is 0. The van der Waals surface area contributed by atoms with Gasteiger partial charge in [-0.25, -0.2) is 0 Å². The van der Waals surface area contributed by atoms with E-state index < -0.39 is 11.2 Å². The summed E-state index contributed by atoms with van der Waals surface area (Å²) in [5, 5.41) is 20.3. The fourth-order valence-corrected chi connectivity index (χ4v) is 4.02. The van der Waals surface area contributed by atoms with Gasteiger partial charge in [0.15, 0.2) is 5.78 Å². The Labute approximate surface area is 185 Å². The van der Waals surface area contributed by atoms with Crippen molar-refractivity contribution in [2.45, 2.75) is 52.2 Å². The fraction of sp³-hybridized carbons (Fsp3) is 0.333. The number of hydrogen-bond donors (Lipinski definition) is 1. The van der Waals surface area contributed by atoms with Crippen molar-refractivity contribution in [2.75, 3.05) is 0 Å². The second-order valence-corrected chi connectivity index (χ2v) is 9.12. The van der Waals surface area contributed by atoms with E-state index in [1.165, 1.54) is 0 Å². The molecule has 0 unspecified atom stereocenters. The van der Waals surface area contributed by atoms with Crippen LogP contribution in [-0.4, -0.2) is 22.1 Å². The third-order valence-corrected chi connectivity index (χ3v) is 5.61. The number of ether oxygens (including phenoxy) is 2. The largest absolute Gasteiger partial charge is 0.508 e. The summed E-state index contributed by atoms with van der Waals surface area (Å²) in [4.78, 5) is 13.2. The number of aliphatic hydroxyl groups excluding tert-OH is 1. The zero-order chi connectivity index (χ0) is 22.3. The Bertz CT molecular complexity index is 1090. The first-order chi connectivity index (χ1) is 14.0. The van der Waals surface area contributed by atoms with Crippen LogP contribution in [-0.2, 0) is 16.0 Å². The molecule has 2 aromatic rings. The average molecular weight is 470 g/mol. The summed E-state index contributed by atoms with van der Waals surface area (Å²) in [6.07, 6.45) is 0.670. The minimum absolute atomic E-state index is 0.0972. The SMILES string of the molecule is CCc1ccc(Oc2ccc(Br)cc2C#N)cc1C1=C(O)C(C)(C)OC(C)(C)C1=O. The molecule has 0 bridgehead atoms.